The molecule has 3 nitrogen and oxygen atoms in total. The minimum Gasteiger partial charge on any atom is -0.311 e. The van der Waals surface area contributed by atoms with Crippen LogP contribution < -0.4 is 4.90 Å². The molecule has 0 aromatic heterocycles. The minimum atomic E-state index is 0.0423. The average molecular weight is 244 g/mol. The van der Waals surface area contributed by atoms with Gasteiger partial charge in [-0.2, -0.15) is 0 Å². The molecule has 4 heteroatoms. The number of terminal acetylenes is 1. The second-order valence-corrected chi connectivity index (χ2v) is 5.23. The van der Waals surface area contributed by atoms with Crippen molar-refractivity contribution in [2.75, 3.05) is 23.7 Å². The van der Waals surface area contributed by atoms with Crippen molar-refractivity contribution in [3.8, 4) is 12.3 Å². The Morgan fingerprint density at radius 3 is 3.12 bits per heavy atom. The van der Waals surface area contributed by atoms with Crippen LogP contribution in [0.5, 0.6) is 0 Å². The van der Waals surface area contributed by atoms with Gasteiger partial charge in [0.2, 0.25) is 0 Å². The number of carbonyl (C=O) groups excluding carboxylic acids is 1. The van der Waals surface area contributed by atoms with E-state index in [4.69, 9.17) is 6.42 Å². The van der Waals surface area contributed by atoms with Gasteiger partial charge in [0.1, 0.15) is 0 Å². The molecule has 0 radical (unpaired) electrons. The summed E-state index contributed by atoms with van der Waals surface area (Å²) >= 11 is 1.82. The van der Waals surface area contributed by atoms with Crippen LogP contribution in [0.15, 0.2) is 29.2 Å². The maximum atomic E-state index is 12.2. The van der Waals surface area contributed by atoms with E-state index < -0.39 is 0 Å². The lowest BCUT2D eigenvalue weighted by Gasteiger charge is -2.29. The van der Waals surface area contributed by atoms with Crippen LogP contribution in [0.25, 0.3) is 0 Å². The lowest BCUT2D eigenvalue weighted by atomic mass is 10.2. The first-order valence-electron chi connectivity index (χ1n) is 5.54. The number of fused-ring (bicyclic) bond motifs is 3. The summed E-state index contributed by atoms with van der Waals surface area (Å²) in [5.41, 5.74) is 1.03. The van der Waals surface area contributed by atoms with Crippen molar-refractivity contribution in [1.82, 2.24) is 4.90 Å². The van der Waals surface area contributed by atoms with E-state index >= 15 is 0 Å². The van der Waals surface area contributed by atoms with Crippen molar-refractivity contribution in [3.05, 3.63) is 24.3 Å². The van der Waals surface area contributed by atoms with Crippen LogP contribution in [0.4, 0.5) is 10.5 Å². The molecule has 1 atom stereocenters. The molecule has 0 N–H and O–H groups in total. The third-order valence-corrected chi connectivity index (χ3v) is 4.32. The zero-order chi connectivity index (χ0) is 11.8. The lowest BCUT2D eigenvalue weighted by Crippen LogP contribution is -2.38. The Labute approximate surface area is 105 Å². The van der Waals surface area contributed by atoms with Gasteiger partial charge in [0.25, 0.3) is 0 Å². The zero-order valence-corrected chi connectivity index (χ0v) is 10.1. The Morgan fingerprint density at radius 1 is 1.47 bits per heavy atom. The molecule has 2 aliphatic heterocycles. The quantitative estimate of drug-likeness (QED) is 0.706. The van der Waals surface area contributed by atoms with E-state index in [2.05, 4.69) is 12.0 Å². The van der Waals surface area contributed by atoms with E-state index in [0.29, 0.717) is 6.54 Å². The van der Waals surface area contributed by atoms with Crippen LogP contribution in [0.3, 0.4) is 0 Å². The van der Waals surface area contributed by atoms with E-state index in [0.717, 1.165) is 18.0 Å². The van der Waals surface area contributed by atoms with Crippen LogP contribution in [0, 0.1) is 12.3 Å². The molecule has 1 saturated heterocycles. The van der Waals surface area contributed by atoms with Gasteiger partial charge in [-0.25, -0.2) is 4.79 Å². The molecule has 0 bridgehead atoms. The second kappa shape index (κ2) is 4.01. The Kier molecular flexibility index (Phi) is 2.49. The van der Waals surface area contributed by atoms with Gasteiger partial charge in [-0.15, -0.1) is 18.2 Å². The van der Waals surface area contributed by atoms with E-state index in [-0.39, 0.29) is 12.1 Å². The standard InChI is InChI=1S/C13H12N2OS/c1-2-7-14-8-10-9-17-12-6-4-3-5-11(12)15(10)13(14)16/h1,3-6,10H,7-9H2. The molecule has 1 unspecified atom stereocenters. The number of carbonyl (C=O) groups is 1. The molecular weight excluding hydrogens is 232 g/mol. The number of nitrogens with zero attached hydrogens (tertiary/aromatic N) is 2. The van der Waals surface area contributed by atoms with Crippen molar-refractivity contribution in [1.29, 1.82) is 0 Å². The highest BCUT2D eigenvalue weighted by molar-refractivity contribution is 7.99. The molecule has 1 aromatic rings. The third-order valence-electron chi connectivity index (χ3n) is 3.11. The van der Waals surface area contributed by atoms with Crippen LogP contribution in [0.2, 0.25) is 0 Å². The third kappa shape index (κ3) is 1.58. The number of amides is 2. The zero-order valence-electron chi connectivity index (χ0n) is 9.30. The highest BCUT2D eigenvalue weighted by atomic mass is 32.2. The van der Waals surface area contributed by atoms with E-state index in [1.54, 1.807) is 4.90 Å². The molecule has 3 rings (SSSR count). The smallest absolute Gasteiger partial charge is 0.311 e. The number of hydrogen-bond acceptors (Lipinski definition) is 2. The minimum absolute atomic E-state index is 0.0423. The first-order chi connectivity index (χ1) is 8.31. The highest BCUT2D eigenvalue weighted by Gasteiger charge is 2.40. The topological polar surface area (TPSA) is 23.6 Å². The molecule has 0 spiro atoms. The monoisotopic (exact) mass is 244 g/mol. The van der Waals surface area contributed by atoms with Gasteiger partial charge in [-0.3, -0.25) is 4.90 Å². The van der Waals surface area contributed by atoms with E-state index in [9.17, 15) is 4.79 Å². The first kappa shape index (κ1) is 10.5. The SMILES string of the molecule is C#CCN1CC2CSc3ccccc3N2C1=O. The number of benzene rings is 1. The summed E-state index contributed by atoms with van der Waals surface area (Å²) in [5, 5.41) is 0. The molecule has 0 aliphatic carbocycles. The van der Waals surface area contributed by atoms with Crippen molar-refractivity contribution in [2.24, 2.45) is 0 Å². The number of urea groups is 1. The number of rotatable bonds is 1. The fraction of sp³-hybridized carbons (Fsp3) is 0.308. The fourth-order valence-electron chi connectivity index (χ4n) is 2.36. The predicted molar refractivity (Wildman–Crippen MR) is 69.2 cm³/mol. The van der Waals surface area contributed by atoms with Gasteiger partial charge < -0.3 is 4.90 Å². The summed E-state index contributed by atoms with van der Waals surface area (Å²) in [6.45, 7) is 1.14. The molecule has 0 saturated carbocycles. The number of thioether (sulfide) groups is 1. The van der Waals surface area contributed by atoms with Gasteiger partial charge >= 0.3 is 6.03 Å². The summed E-state index contributed by atoms with van der Waals surface area (Å²) in [5.74, 6) is 3.49. The van der Waals surface area contributed by atoms with Gasteiger partial charge in [0.15, 0.2) is 0 Å². The number of para-hydroxylation sites is 1. The molecular formula is C13H12N2OS. The van der Waals surface area contributed by atoms with Crippen LogP contribution in [-0.4, -0.2) is 35.8 Å². The highest BCUT2D eigenvalue weighted by Crippen LogP contribution is 2.40. The van der Waals surface area contributed by atoms with Gasteiger partial charge in [-0.1, -0.05) is 18.1 Å². The van der Waals surface area contributed by atoms with Crippen LogP contribution in [0.1, 0.15) is 0 Å². The largest absolute Gasteiger partial charge is 0.325 e. The van der Waals surface area contributed by atoms with Gasteiger partial charge in [0.05, 0.1) is 18.3 Å². The number of hydrogen-bond donors (Lipinski definition) is 0. The molecule has 2 heterocycles. The Morgan fingerprint density at radius 2 is 2.29 bits per heavy atom. The van der Waals surface area contributed by atoms with Crippen molar-refractivity contribution < 1.29 is 4.79 Å². The maximum absolute atomic E-state index is 12.2. The number of anilines is 1. The molecule has 2 aliphatic rings. The van der Waals surface area contributed by atoms with Crippen molar-refractivity contribution in [3.63, 3.8) is 0 Å². The molecule has 1 aromatic carbocycles. The van der Waals surface area contributed by atoms with Gasteiger partial charge in [0, 0.05) is 17.2 Å². The Hall–Kier alpha value is -1.60. The molecule has 2 amide bonds. The summed E-state index contributed by atoms with van der Waals surface area (Å²) in [6.07, 6.45) is 5.29. The van der Waals surface area contributed by atoms with E-state index in [1.165, 1.54) is 4.90 Å². The van der Waals surface area contributed by atoms with Crippen molar-refractivity contribution >= 4 is 23.5 Å². The molecule has 17 heavy (non-hydrogen) atoms. The summed E-state index contributed by atoms with van der Waals surface area (Å²) in [6, 6.07) is 8.35. The van der Waals surface area contributed by atoms with Crippen LogP contribution in [-0.2, 0) is 0 Å². The second-order valence-electron chi connectivity index (χ2n) is 4.17. The van der Waals surface area contributed by atoms with E-state index in [1.807, 2.05) is 34.9 Å². The summed E-state index contributed by atoms with van der Waals surface area (Å²) < 4.78 is 0. The average Bonchev–Trinajstić information content (AvgIpc) is 2.67. The molecule has 86 valence electrons. The summed E-state index contributed by atoms with van der Waals surface area (Å²) in [7, 11) is 0. The first-order valence-corrected chi connectivity index (χ1v) is 6.53. The Balaban J connectivity index is 1.98. The summed E-state index contributed by atoms with van der Waals surface area (Å²) in [4.78, 5) is 17.1. The lowest BCUT2D eigenvalue weighted by molar-refractivity contribution is 0.225. The van der Waals surface area contributed by atoms with Crippen LogP contribution >= 0.6 is 11.8 Å². The molecule has 1 fully saturated rings. The normalized spacial score (nSPS) is 22.1. The van der Waals surface area contributed by atoms with Crippen molar-refractivity contribution in [2.45, 2.75) is 10.9 Å². The van der Waals surface area contributed by atoms with Gasteiger partial charge in [-0.05, 0) is 12.1 Å². The fourth-order valence-corrected chi connectivity index (χ4v) is 3.47. The maximum Gasteiger partial charge on any atom is 0.325 e. The predicted octanol–water partition coefficient (Wildman–Crippen LogP) is 2.04. The Bertz CT molecular complexity index is 508.